The van der Waals surface area contributed by atoms with Gasteiger partial charge in [-0.3, -0.25) is 4.57 Å². The van der Waals surface area contributed by atoms with Gasteiger partial charge in [0.05, 0.1) is 4.75 Å². The standard InChI is InChI=1S/C14H29N2O4PS/c1-14(2,3)22(18,19)20-21(17,15-10-6-4-7-11-15)16-12-8-5-9-13-16/h4-13H2,1-3H3. The second kappa shape index (κ2) is 6.89. The summed E-state index contributed by atoms with van der Waals surface area (Å²) in [5.41, 5.74) is 0. The molecule has 0 saturated carbocycles. The van der Waals surface area contributed by atoms with Crippen molar-refractivity contribution >= 4 is 17.8 Å². The fraction of sp³-hybridized carbons (Fsp3) is 1.00. The highest BCUT2D eigenvalue weighted by atomic mass is 32.2. The molecule has 22 heavy (non-hydrogen) atoms. The summed E-state index contributed by atoms with van der Waals surface area (Å²) in [6.07, 6.45) is 5.96. The Hall–Kier alpha value is 0.0600. The van der Waals surface area contributed by atoms with Crippen LogP contribution >= 0.6 is 7.67 Å². The zero-order valence-electron chi connectivity index (χ0n) is 14.0. The molecule has 0 radical (unpaired) electrons. The molecule has 8 heteroatoms. The van der Waals surface area contributed by atoms with Crippen molar-refractivity contribution in [3.63, 3.8) is 0 Å². The Morgan fingerprint density at radius 3 is 1.50 bits per heavy atom. The van der Waals surface area contributed by atoms with Crippen LogP contribution in [0.15, 0.2) is 0 Å². The van der Waals surface area contributed by atoms with E-state index in [1.165, 1.54) is 0 Å². The Bertz CT molecular complexity index is 495. The van der Waals surface area contributed by atoms with E-state index in [1.807, 2.05) is 0 Å². The van der Waals surface area contributed by atoms with E-state index in [-0.39, 0.29) is 0 Å². The van der Waals surface area contributed by atoms with Crippen molar-refractivity contribution in [3.05, 3.63) is 0 Å². The number of hydrogen-bond acceptors (Lipinski definition) is 4. The molecule has 0 aromatic heterocycles. The van der Waals surface area contributed by atoms with Crippen LogP contribution in [-0.2, 0) is 18.7 Å². The summed E-state index contributed by atoms with van der Waals surface area (Å²) in [5.74, 6) is 0. The van der Waals surface area contributed by atoms with Crippen molar-refractivity contribution in [2.75, 3.05) is 26.2 Å². The Kier molecular flexibility index (Phi) is 5.77. The van der Waals surface area contributed by atoms with Gasteiger partial charge in [-0.2, -0.15) is 12.4 Å². The SMILES string of the molecule is CC(C)(C)S(=O)(=O)OP(=O)(N1CCCCC1)N1CCCCC1. The first-order valence-electron chi connectivity index (χ1n) is 8.23. The minimum absolute atomic E-state index is 0.646. The Labute approximate surface area is 134 Å². The fourth-order valence-corrected chi connectivity index (χ4v) is 7.38. The Morgan fingerprint density at radius 2 is 1.18 bits per heavy atom. The van der Waals surface area contributed by atoms with Crippen LogP contribution in [0.5, 0.6) is 0 Å². The van der Waals surface area contributed by atoms with Crippen LogP contribution in [0, 0.1) is 0 Å². The van der Waals surface area contributed by atoms with Gasteiger partial charge in [-0.25, -0.2) is 9.34 Å². The first kappa shape index (κ1) is 18.4. The largest absolute Gasteiger partial charge is 0.360 e. The second-order valence-corrected chi connectivity index (χ2v) is 12.0. The molecule has 0 spiro atoms. The zero-order valence-corrected chi connectivity index (χ0v) is 15.7. The van der Waals surface area contributed by atoms with Gasteiger partial charge in [0.1, 0.15) is 0 Å². The molecule has 0 atom stereocenters. The average molecular weight is 352 g/mol. The summed E-state index contributed by atoms with van der Waals surface area (Å²) in [5, 5.41) is 0. The van der Waals surface area contributed by atoms with E-state index in [0.717, 1.165) is 38.5 Å². The lowest BCUT2D eigenvalue weighted by molar-refractivity contribution is 0.232. The monoisotopic (exact) mass is 352 g/mol. The third kappa shape index (κ3) is 3.93. The molecule has 130 valence electrons. The van der Waals surface area contributed by atoms with Crippen LogP contribution in [0.1, 0.15) is 59.3 Å². The molecule has 2 heterocycles. The first-order valence-corrected chi connectivity index (χ1v) is 11.2. The molecule has 6 nitrogen and oxygen atoms in total. The molecule has 0 aromatic rings. The molecule has 2 aliphatic rings. The maximum absolute atomic E-state index is 13.6. The lowest BCUT2D eigenvalue weighted by atomic mass is 10.2. The van der Waals surface area contributed by atoms with Crippen LogP contribution in [0.3, 0.4) is 0 Å². The molecule has 0 bridgehead atoms. The summed E-state index contributed by atoms with van der Waals surface area (Å²) >= 11 is 0. The van der Waals surface area contributed by atoms with E-state index in [9.17, 15) is 13.0 Å². The zero-order chi connectivity index (χ0) is 16.4. The molecule has 0 unspecified atom stereocenters. The van der Waals surface area contributed by atoms with Gasteiger partial charge in [-0.05, 0) is 46.5 Å². The maximum atomic E-state index is 13.6. The normalized spacial score (nSPS) is 23.6. The predicted molar refractivity (Wildman–Crippen MR) is 88.2 cm³/mol. The highest BCUT2D eigenvalue weighted by molar-refractivity contribution is 7.92. The van der Waals surface area contributed by atoms with Crippen molar-refractivity contribution < 1.29 is 17.0 Å². The quantitative estimate of drug-likeness (QED) is 0.724. The van der Waals surface area contributed by atoms with Gasteiger partial charge in [-0.15, -0.1) is 0 Å². The van der Waals surface area contributed by atoms with Gasteiger partial charge in [0, 0.05) is 26.2 Å². The molecule has 0 amide bonds. The Balaban J connectivity index is 2.30. The molecule has 0 N–H and O–H groups in total. The van der Waals surface area contributed by atoms with Gasteiger partial charge in [0.2, 0.25) is 0 Å². The van der Waals surface area contributed by atoms with Crippen molar-refractivity contribution in [1.29, 1.82) is 0 Å². The number of rotatable bonds is 4. The second-order valence-electron chi connectivity index (χ2n) is 7.16. The predicted octanol–water partition coefficient (Wildman–Crippen LogP) is 3.21. The van der Waals surface area contributed by atoms with Crippen molar-refractivity contribution in [3.8, 4) is 0 Å². The molecule has 0 aromatic carbocycles. The van der Waals surface area contributed by atoms with Crippen molar-refractivity contribution in [1.82, 2.24) is 9.34 Å². The van der Waals surface area contributed by atoms with Gasteiger partial charge >= 0.3 is 7.67 Å². The van der Waals surface area contributed by atoms with Crippen LogP contribution < -0.4 is 0 Å². The highest BCUT2D eigenvalue weighted by Gasteiger charge is 2.46. The van der Waals surface area contributed by atoms with Crippen LogP contribution in [-0.4, -0.2) is 48.7 Å². The van der Waals surface area contributed by atoms with E-state index >= 15 is 0 Å². The first-order chi connectivity index (χ1) is 10.2. The Morgan fingerprint density at radius 1 is 0.818 bits per heavy atom. The third-order valence-corrected chi connectivity index (χ3v) is 9.62. The van der Waals surface area contributed by atoms with Crippen LogP contribution in [0.25, 0.3) is 0 Å². The smallest absolute Gasteiger partial charge is 0.254 e. The topological polar surface area (TPSA) is 66.9 Å². The third-order valence-electron chi connectivity index (χ3n) is 4.32. The lowest BCUT2D eigenvalue weighted by Crippen LogP contribution is -2.41. The molecule has 0 aliphatic carbocycles. The van der Waals surface area contributed by atoms with Crippen LogP contribution in [0.4, 0.5) is 0 Å². The number of nitrogens with zero attached hydrogens (tertiary/aromatic N) is 2. The van der Waals surface area contributed by atoms with E-state index in [2.05, 4.69) is 0 Å². The summed E-state index contributed by atoms with van der Waals surface area (Å²) in [6, 6.07) is 0. The molecular formula is C14H29N2O4PS. The number of piperidine rings is 2. The van der Waals surface area contributed by atoms with Crippen molar-refractivity contribution in [2.45, 2.75) is 64.0 Å². The minimum Gasteiger partial charge on any atom is -0.254 e. The summed E-state index contributed by atoms with van der Waals surface area (Å²) in [7, 11) is -7.41. The number of hydrogen-bond donors (Lipinski definition) is 0. The summed E-state index contributed by atoms with van der Waals surface area (Å²) < 4.78 is 46.6. The van der Waals surface area contributed by atoms with Gasteiger partial charge < -0.3 is 0 Å². The minimum atomic E-state index is -3.90. The molecule has 2 rings (SSSR count). The fourth-order valence-electron chi connectivity index (χ4n) is 2.77. The highest BCUT2D eigenvalue weighted by Crippen LogP contribution is 2.58. The summed E-state index contributed by atoms with van der Waals surface area (Å²) in [4.78, 5) is 0. The van der Waals surface area contributed by atoms with Gasteiger partial charge in [0.15, 0.2) is 0 Å². The lowest BCUT2D eigenvalue weighted by Gasteiger charge is -2.41. The maximum Gasteiger partial charge on any atom is 0.360 e. The molecular weight excluding hydrogens is 323 g/mol. The van der Waals surface area contributed by atoms with Gasteiger partial charge in [0.25, 0.3) is 10.1 Å². The van der Waals surface area contributed by atoms with Gasteiger partial charge in [-0.1, -0.05) is 12.8 Å². The van der Waals surface area contributed by atoms with Crippen LogP contribution in [0.2, 0.25) is 0 Å². The molecule has 2 aliphatic heterocycles. The van der Waals surface area contributed by atoms with E-state index in [1.54, 1.807) is 30.1 Å². The van der Waals surface area contributed by atoms with E-state index < -0.39 is 22.5 Å². The van der Waals surface area contributed by atoms with Crippen molar-refractivity contribution in [2.24, 2.45) is 0 Å². The van der Waals surface area contributed by atoms with E-state index in [4.69, 9.17) is 3.97 Å². The van der Waals surface area contributed by atoms with E-state index in [0.29, 0.717) is 26.2 Å². The summed E-state index contributed by atoms with van der Waals surface area (Å²) in [6.45, 7) is 7.33. The molecule has 2 saturated heterocycles. The average Bonchev–Trinajstić information content (AvgIpc) is 2.47. The molecule has 2 fully saturated rings.